The highest BCUT2D eigenvalue weighted by molar-refractivity contribution is 7.89. The molecule has 0 aliphatic carbocycles. The first kappa shape index (κ1) is 19.2. The molecule has 2 N–H and O–H groups in total. The third-order valence-electron chi connectivity index (χ3n) is 4.20. The highest BCUT2D eigenvalue weighted by Crippen LogP contribution is 2.31. The van der Waals surface area contributed by atoms with Gasteiger partial charge in [-0.25, -0.2) is 13.1 Å². The van der Waals surface area contributed by atoms with Gasteiger partial charge >= 0.3 is 0 Å². The maximum absolute atomic E-state index is 12.5. The molecular weight excluding hydrogens is 368 g/mol. The van der Waals surface area contributed by atoms with E-state index in [9.17, 15) is 13.2 Å². The summed E-state index contributed by atoms with van der Waals surface area (Å²) < 4.78 is 38.4. The average Bonchev–Trinajstić information content (AvgIpc) is 2.88. The topological polar surface area (TPSA) is 93.7 Å². The molecule has 1 heterocycles. The number of sulfonamides is 1. The molecular formula is C19H22N2O5S. The Hall–Kier alpha value is -2.58. The van der Waals surface area contributed by atoms with Crippen LogP contribution in [0.4, 0.5) is 5.69 Å². The third-order valence-corrected chi connectivity index (χ3v) is 5.60. The molecule has 0 atom stereocenters. The van der Waals surface area contributed by atoms with E-state index in [-0.39, 0.29) is 11.4 Å². The van der Waals surface area contributed by atoms with Crippen LogP contribution in [0.15, 0.2) is 41.3 Å². The van der Waals surface area contributed by atoms with Gasteiger partial charge in [0.05, 0.1) is 24.7 Å². The fourth-order valence-electron chi connectivity index (χ4n) is 2.75. The largest absolute Gasteiger partial charge is 0.490 e. The van der Waals surface area contributed by atoms with E-state index in [0.717, 1.165) is 17.5 Å². The SMILES string of the molecule is Cc1cccc(C)c1NC(=O)CNS(=O)(=O)c1ccc2c(c1)OCCCO2. The van der Waals surface area contributed by atoms with Crippen molar-refractivity contribution in [1.29, 1.82) is 0 Å². The highest BCUT2D eigenvalue weighted by Gasteiger charge is 2.20. The Kier molecular flexibility index (Phi) is 5.67. The number of rotatable bonds is 5. The maximum Gasteiger partial charge on any atom is 0.241 e. The van der Waals surface area contributed by atoms with Crippen molar-refractivity contribution in [2.45, 2.75) is 25.2 Å². The lowest BCUT2D eigenvalue weighted by molar-refractivity contribution is -0.115. The number of amides is 1. The lowest BCUT2D eigenvalue weighted by atomic mass is 10.1. The molecule has 144 valence electrons. The number of carbonyl (C=O) groups excluding carboxylic acids is 1. The number of nitrogens with one attached hydrogen (secondary N) is 2. The fourth-order valence-corrected chi connectivity index (χ4v) is 3.75. The van der Waals surface area contributed by atoms with Crippen LogP contribution in [-0.2, 0) is 14.8 Å². The van der Waals surface area contributed by atoms with Gasteiger partial charge in [-0.05, 0) is 37.1 Å². The lowest BCUT2D eigenvalue weighted by Gasteiger charge is -2.13. The number of anilines is 1. The highest BCUT2D eigenvalue weighted by atomic mass is 32.2. The summed E-state index contributed by atoms with van der Waals surface area (Å²) in [5, 5.41) is 2.75. The van der Waals surface area contributed by atoms with E-state index >= 15 is 0 Å². The van der Waals surface area contributed by atoms with Gasteiger partial charge < -0.3 is 14.8 Å². The van der Waals surface area contributed by atoms with E-state index in [1.807, 2.05) is 32.0 Å². The molecule has 1 aliphatic heterocycles. The Balaban J connectivity index is 1.68. The van der Waals surface area contributed by atoms with E-state index in [1.54, 1.807) is 6.07 Å². The van der Waals surface area contributed by atoms with Crippen molar-refractivity contribution >= 4 is 21.6 Å². The molecule has 0 aromatic heterocycles. The molecule has 2 aromatic rings. The van der Waals surface area contributed by atoms with Gasteiger partial charge in [-0.2, -0.15) is 0 Å². The van der Waals surface area contributed by atoms with Crippen LogP contribution in [0.1, 0.15) is 17.5 Å². The van der Waals surface area contributed by atoms with Crippen molar-refractivity contribution in [2.75, 3.05) is 25.1 Å². The van der Waals surface area contributed by atoms with Crippen molar-refractivity contribution in [3.8, 4) is 11.5 Å². The summed E-state index contributed by atoms with van der Waals surface area (Å²) in [5.41, 5.74) is 2.51. The summed E-state index contributed by atoms with van der Waals surface area (Å²) >= 11 is 0. The van der Waals surface area contributed by atoms with E-state index in [2.05, 4.69) is 10.0 Å². The van der Waals surface area contributed by atoms with E-state index in [0.29, 0.717) is 30.4 Å². The number of para-hydroxylation sites is 1. The zero-order valence-corrected chi connectivity index (χ0v) is 16.1. The number of hydrogen-bond donors (Lipinski definition) is 2. The van der Waals surface area contributed by atoms with E-state index < -0.39 is 15.9 Å². The van der Waals surface area contributed by atoms with Crippen LogP contribution in [-0.4, -0.2) is 34.1 Å². The summed E-state index contributed by atoms with van der Waals surface area (Å²) in [6.07, 6.45) is 0.730. The van der Waals surface area contributed by atoms with Crippen LogP contribution in [0.2, 0.25) is 0 Å². The average molecular weight is 390 g/mol. The van der Waals surface area contributed by atoms with Gasteiger partial charge in [0.15, 0.2) is 11.5 Å². The number of ether oxygens (including phenoxy) is 2. The number of aryl methyl sites for hydroxylation is 2. The van der Waals surface area contributed by atoms with Gasteiger partial charge in [0.2, 0.25) is 15.9 Å². The van der Waals surface area contributed by atoms with Gasteiger partial charge in [-0.3, -0.25) is 4.79 Å². The first-order chi connectivity index (χ1) is 12.9. The minimum Gasteiger partial charge on any atom is -0.490 e. The zero-order valence-electron chi connectivity index (χ0n) is 15.2. The number of fused-ring (bicyclic) bond motifs is 1. The van der Waals surface area contributed by atoms with Crippen molar-refractivity contribution in [3.63, 3.8) is 0 Å². The smallest absolute Gasteiger partial charge is 0.241 e. The van der Waals surface area contributed by atoms with Gasteiger partial charge in [0, 0.05) is 18.2 Å². The van der Waals surface area contributed by atoms with Crippen molar-refractivity contribution in [3.05, 3.63) is 47.5 Å². The van der Waals surface area contributed by atoms with Gasteiger partial charge in [0.25, 0.3) is 0 Å². The van der Waals surface area contributed by atoms with Crippen molar-refractivity contribution in [2.24, 2.45) is 0 Å². The standard InChI is InChI=1S/C19H22N2O5S/c1-13-5-3-6-14(2)19(13)21-18(22)12-20-27(23,24)15-7-8-16-17(11-15)26-10-4-9-25-16/h3,5-8,11,20H,4,9-10,12H2,1-2H3,(H,21,22). The summed E-state index contributed by atoms with van der Waals surface area (Å²) in [6, 6.07) is 10.1. The maximum atomic E-state index is 12.5. The number of carbonyl (C=O) groups is 1. The van der Waals surface area contributed by atoms with Crippen molar-refractivity contribution in [1.82, 2.24) is 4.72 Å². The molecule has 1 aliphatic rings. The normalized spacial score (nSPS) is 13.7. The molecule has 0 saturated carbocycles. The summed E-state index contributed by atoms with van der Waals surface area (Å²) in [7, 11) is -3.86. The van der Waals surface area contributed by atoms with Gasteiger partial charge in [-0.1, -0.05) is 18.2 Å². The minimum atomic E-state index is -3.86. The molecule has 0 saturated heterocycles. The van der Waals surface area contributed by atoms with Crippen LogP contribution in [0, 0.1) is 13.8 Å². The second-order valence-corrected chi connectivity index (χ2v) is 8.07. The molecule has 8 heteroatoms. The molecule has 0 bridgehead atoms. The third kappa shape index (κ3) is 4.58. The van der Waals surface area contributed by atoms with Gasteiger partial charge in [-0.15, -0.1) is 0 Å². The van der Waals surface area contributed by atoms with E-state index in [1.165, 1.54) is 12.1 Å². The predicted molar refractivity (Wildman–Crippen MR) is 102 cm³/mol. The Morgan fingerprint density at radius 1 is 1.04 bits per heavy atom. The first-order valence-electron chi connectivity index (χ1n) is 8.62. The molecule has 2 aromatic carbocycles. The molecule has 0 radical (unpaired) electrons. The lowest BCUT2D eigenvalue weighted by Crippen LogP contribution is -2.33. The fraction of sp³-hybridized carbons (Fsp3) is 0.316. The van der Waals surface area contributed by atoms with Crippen LogP contribution < -0.4 is 19.5 Å². The van der Waals surface area contributed by atoms with Crippen molar-refractivity contribution < 1.29 is 22.7 Å². The Labute approximate surface area is 158 Å². The van der Waals surface area contributed by atoms with Gasteiger partial charge in [0.1, 0.15) is 0 Å². The second-order valence-electron chi connectivity index (χ2n) is 6.30. The molecule has 0 fully saturated rings. The molecule has 0 spiro atoms. The molecule has 27 heavy (non-hydrogen) atoms. The quantitative estimate of drug-likeness (QED) is 0.818. The number of hydrogen-bond acceptors (Lipinski definition) is 5. The summed E-state index contributed by atoms with van der Waals surface area (Å²) in [5.74, 6) is 0.458. The van der Waals surface area contributed by atoms with Crippen LogP contribution in [0.25, 0.3) is 0 Å². The summed E-state index contributed by atoms with van der Waals surface area (Å²) in [6.45, 7) is 4.37. The Morgan fingerprint density at radius 3 is 2.41 bits per heavy atom. The first-order valence-corrected chi connectivity index (χ1v) is 10.1. The van der Waals surface area contributed by atoms with Crippen LogP contribution >= 0.6 is 0 Å². The minimum absolute atomic E-state index is 0.0200. The Bertz CT molecular complexity index is 936. The van der Waals surface area contributed by atoms with Crippen LogP contribution in [0.3, 0.4) is 0 Å². The Morgan fingerprint density at radius 2 is 1.70 bits per heavy atom. The molecule has 7 nitrogen and oxygen atoms in total. The number of benzene rings is 2. The molecule has 3 rings (SSSR count). The predicted octanol–water partition coefficient (Wildman–Crippen LogP) is 2.38. The van der Waals surface area contributed by atoms with E-state index in [4.69, 9.17) is 9.47 Å². The second kappa shape index (κ2) is 7.98. The molecule has 0 unspecified atom stereocenters. The van der Waals surface area contributed by atoms with Crippen LogP contribution in [0.5, 0.6) is 11.5 Å². The zero-order chi connectivity index (χ0) is 19.4. The summed E-state index contributed by atoms with van der Waals surface area (Å²) in [4.78, 5) is 12.2. The molecule has 1 amide bonds. The monoisotopic (exact) mass is 390 g/mol.